The van der Waals surface area contributed by atoms with E-state index >= 15 is 0 Å². The number of benzene rings is 2. The first kappa shape index (κ1) is 15.7. The van der Waals surface area contributed by atoms with E-state index in [0.29, 0.717) is 16.5 Å². The van der Waals surface area contributed by atoms with Gasteiger partial charge in [-0.05, 0) is 35.9 Å². The van der Waals surface area contributed by atoms with E-state index in [-0.39, 0.29) is 12.1 Å². The molecule has 2 amide bonds. The van der Waals surface area contributed by atoms with Gasteiger partial charge in [0.15, 0.2) is 0 Å². The average Bonchev–Trinajstić information content (AvgIpc) is 3.00. The van der Waals surface area contributed by atoms with Crippen LogP contribution in [-0.4, -0.2) is 16.8 Å². The molecule has 3 aromatic rings. The maximum absolute atomic E-state index is 13.6. The van der Waals surface area contributed by atoms with Gasteiger partial charge >= 0.3 is 0 Å². The monoisotopic (exact) mass is 329 g/mol. The average molecular weight is 329 g/mol. The summed E-state index contributed by atoms with van der Waals surface area (Å²) in [5.41, 5.74) is 5.72. The summed E-state index contributed by atoms with van der Waals surface area (Å²) in [6.45, 7) is 0. The molecule has 122 valence electrons. The Balaban J connectivity index is 1.60. The van der Waals surface area contributed by atoms with Crippen LogP contribution in [0.5, 0.6) is 0 Å². The highest BCUT2D eigenvalue weighted by Gasteiger charge is 2.12. The largest absolute Gasteiger partial charge is 0.350 e. The second kappa shape index (κ2) is 6.49. The molecular formula is C17H13F2N3O2. The summed E-state index contributed by atoms with van der Waals surface area (Å²) in [6, 6.07) is 11.3. The van der Waals surface area contributed by atoms with Crippen LogP contribution in [0.25, 0.3) is 10.9 Å². The minimum absolute atomic E-state index is 0.0120. The predicted octanol–water partition coefficient (Wildman–Crippen LogP) is 2.45. The molecule has 0 radical (unpaired) electrons. The zero-order valence-electron chi connectivity index (χ0n) is 12.4. The molecule has 0 bridgehead atoms. The van der Waals surface area contributed by atoms with Crippen molar-refractivity contribution in [3.63, 3.8) is 0 Å². The van der Waals surface area contributed by atoms with E-state index in [2.05, 4.69) is 15.8 Å². The molecule has 0 fully saturated rings. The minimum atomic E-state index is -0.599. The van der Waals surface area contributed by atoms with Gasteiger partial charge < -0.3 is 4.98 Å². The number of hydrogen-bond donors (Lipinski definition) is 3. The fourth-order valence-electron chi connectivity index (χ4n) is 2.27. The van der Waals surface area contributed by atoms with Crippen molar-refractivity contribution in [1.29, 1.82) is 0 Å². The maximum Gasteiger partial charge on any atom is 0.286 e. The van der Waals surface area contributed by atoms with Crippen molar-refractivity contribution >= 4 is 22.7 Å². The van der Waals surface area contributed by atoms with Gasteiger partial charge in [-0.3, -0.25) is 20.4 Å². The molecule has 0 atom stereocenters. The number of fused-ring (bicyclic) bond motifs is 1. The van der Waals surface area contributed by atoms with Crippen molar-refractivity contribution in [3.05, 3.63) is 71.4 Å². The molecule has 7 heteroatoms. The molecule has 0 aliphatic rings. The third-order valence-corrected chi connectivity index (χ3v) is 3.45. The number of rotatable bonds is 3. The minimum Gasteiger partial charge on any atom is -0.350 e. The molecule has 1 heterocycles. The molecule has 3 N–H and O–H groups in total. The van der Waals surface area contributed by atoms with Gasteiger partial charge in [-0.2, -0.15) is 0 Å². The first-order chi connectivity index (χ1) is 11.5. The van der Waals surface area contributed by atoms with Crippen molar-refractivity contribution in [2.45, 2.75) is 6.42 Å². The SMILES string of the molecule is O=C(Cc1ccc(F)cc1)NNC(=O)c1cc2c(F)cccc2[nH]1. The molecular weight excluding hydrogens is 316 g/mol. The van der Waals surface area contributed by atoms with Gasteiger partial charge in [0, 0.05) is 10.9 Å². The summed E-state index contributed by atoms with van der Waals surface area (Å²) >= 11 is 0. The molecule has 3 rings (SSSR count). The Morgan fingerprint density at radius 3 is 2.46 bits per heavy atom. The van der Waals surface area contributed by atoms with Gasteiger partial charge in [0.25, 0.3) is 5.91 Å². The number of aromatic nitrogens is 1. The molecule has 0 spiro atoms. The Bertz CT molecular complexity index is 904. The third-order valence-electron chi connectivity index (χ3n) is 3.45. The number of nitrogens with one attached hydrogen (secondary N) is 3. The summed E-state index contributed by atoms with van der Waals surface area (Å²) in [5, 5.41) is 0.292. The second-order valence-corrected chi connectivity index (χ2v) is 5.19. The highest BCUT2D eigenvalue weighted by molar-refractivity contribution is 5.98. The van der Waals surface area contributed by atoms with Crippen molar-refractivity contribution < 1.29 is 18.4 Å². The van der Waals surface area contributed by atoms with Gasteiger partial charge in [0.2, 0.25) is 5.91 Å². The quantitative estimate of drug-likeness (QED) is 0.646. The summed E-state index contributed by atoms with van der Waals surface area (Å²) in [5.74, 6) is -1.89. The van der Waals surface area contributed by atoms with Crippen LogP contribution in [0.15, 0.2) is 48.5 Å². The van der Waals surface area contributed by atoms with Crippen molar-refractivity contribution in [3.8, 4) is 0 Å². The summed E-state index contributed by atoms with van der Waals surface area (Å²) in [7, 11) is 0. The van der Waals surface area contributed by atoms with E-state index < -0.39 is 23.4 Å². The van der Waals surface area contributed by atoms with Crippen LogP contribution in [0.2, 0.25) is 0 Å². The van der Waals surface area contributed by atoms with Crippen molar-refractivity contribution in [2.75, 3.05) is 0 Å². The van der Waals surface area contributed by atoms with Gasteiger partial charge in [-0.1, -0.05) is 18.2 Å². The van der Waals surface area contributed by atoms with E-state index in [1.54, 1.807) is 6.07 Å². The molecule has 0 saturated carbocycles. The molecule has 0 saturated heterocycles. The molecule has 0 aliphatic heterocycles. The first-order valence-corrected chi connectivity index (χ1v) is 7.14. The Morgan fingerprint density at radius 2 is 1.75 bits per heavy atom. The van der Waals surface area contributed by atoms with Crippen LogP contribution >= 0.6 is 0 Å². The van der Waals surface area contributed by atoms with Crippen LogP contribution in [0.3, 0.4) is 0 Å². The molecule has 0 unspecified atom stereocenters. The smallest absolute Gasteiger partial charge is 0.286 e. The molecule has 5 nitrogen and oxygen atoms in total. The number of hydrogen-bond acceptors (Lipinski definition) is 2. The number of carbonyl (C=O) groups excluding carboxylic acids is 2. The van der Waals surface area contributed by atoms with Crippen molar-refractivity contribution in [1.82, 2.24) is 15.8 Å². The summed E-state index contributed by atoms with van der Waals surface area (Å²) < 4.78 is 26.4. The fourth-order valence-corrected chi connectivity index (χ4v) is 2.27. The molecule has 0 aliphatic carbocycles. The zero-order chi connectivity index (χ0) is 17.1. The van der Waals surface area contributed by atoms with Crippen LogP contribution in [-0.2, 0) is 11.2 Å². The normalized spacial score (nSPS) is 10.6. The van der Waals surface area contributed by atoms with E-state index in [1.807, 2.05) is 0 Å². The first-order valence-electron chi connectivity index (χ1n) is 7.14. The Kier molecular flexibility index (Phi) is 4.24. The third kappa shape index (κ3) is 3.40. The molecule has 1 aromatic heterocycles. The van der Waals surface area contributed by atoms with E-state index in [9.17, 15) is 18.4 Å². The number of halogens is 2. The van der Waals surface area contributed by atoms with E-state index in [0.717, 1.165) is 0 Å². The van der Waals surface area contributed by atoms with E-state index in [1.165, 1.54) is 42.5 Å². The standard InChI is InChI=1S/C17H13F2N3O2/c18-11-6-4-10(5-7-11)8-16(23)21-22-17(24)15-9-12-13(19)2-1-3-14(12)20-15/h1-7,9,20H,8H2,(H,21,23)(H,22,24). The number of carbonyl (C=O) groups is 2. The lowest BCUT2D eigenvalue weighted by atomic mass is 10.1. The topological polar surface area (TPSA) is 74.0 Å². The van der Waals surface area contributed by atoms with Gasteiger partial charge in [0.05, 0.1) is 6.42 Å². The Labute approximate surface area is 135 Å². The molecule has 2 aromatic carbocycles. The number of amides is 2. The van der Waals surface area contributed by atoms with Gasteiger partial charge in [0.1, 0.15) is 17.3 Å². The highest BCUT2D eigenvalue weighted by atomic mass is 19.1. The second-order valence-electron chi connectivity index (χ2n) is 5.19. The summed E-state index contributed by atoms with van der Waals surface area (Å²) in [6.07, 6.45) is -0.0120. The lowest BCUT2D eigenvalue weighted by Crippen LogP contribution is -2.42. The van der Waals surface area contributed by atoms with Crippen LogP contribution in [0.4, 0.5) is 8.78 Å². The zero-order valence-corrected chi connectivity index (χ0v) is 12.4. The number of hydrazine groups is 1. The van der Waals surface area contributed by atoms with Gasteiger partial charge in [-0.15, -0.1) is 0 Å². The van der Waals surface area contributed by atoms with Crippen molar-refractivity contribution in [2.24, 2.45) is 0 Å². The Hall–Kier alpha value is -3.22. The fraction of sp³-hybridized carbons (Fsp3) is 0.0588. The van der Waals surface area contributed by atoms with Crippen LogP contribution < -0.4 is 10.9 Å². The van der Waals surface area contributed by atoms with Gasteiger partial charge in [-0.25, -0.2) is 8.78 Å². The lowest BCUT2D eigenvalue weighted by molar-refractivity contribution is -0.121. The number of aromatic amines is 1. The predicted molar refractivity (Wildman–Crippen MR) is 84.0 cm³/mol. The maximum atomic E-state index is 13.6. The number of H-pyrrole nitrogens is 1. The Morgan fingerprint density at radius 1 is 1.00 bits per heavy atom. The highest BCUT2D eigenvalue weighted by Crippen LogP contribution is 2.18. The lowest BCUT2D eigenvalue weighted by Gasteiger charge is -2.06. The summed E-state index contributed by atoms with van der Waals surface area (Å²) in [4.78, 5) is 26.5. The molecule has 24 heavy (non-hydrogen) atoms. The van der Waals surface area contributed by atoms with Crippen LogP contribution in [0, 0.1) is 11.6 Å². The van der Waals surface area contributed by atoms with Crippen LogP contribution in [0.1, 0.15) is 16.1 Å². The van der Waals surface area contributed by atoms with E-state index in [4.69, 9.17) is 0 Å².